The van der Waals surface area contributed by atoms with Gasteiger partial charge in [0.25, 0.3) is 0 Å². The topological polar surface area (TPSA) is 75.9 Å². The number of pyridine rings is 2. The predicted octanol–water partition coefficient (Wildman–Crippen LogP) is 2.31. The van der Waals surface area contributed by atoms with E-state index in [2.05, 4.69) is 27.3 Å². The van der Waals surface area contributed by atoms with Crippen molar-refractivity contribution in [1.29, 1.82) is 0 Å². The van der Waals surface area contributed by atoms with Gasteiger partial charge in [0.05, 0.1) is 17.4 Å². The maximum absolute atomic E-state index is 12.5. The quantitative estimate of drug-likeness (QED) is 0.774. The van der Waals surface area contributed by atoms with E-state index in [0.717, 1.165) is 48.1 Å². The van der Waals surface area contributed by atoms with E-state index in [9.17, 15) is 4.79 Å². The Morgan fingerprint density at radius 1 is 1.22 bits per heavy atom. The summed E-state index contributed by atoms with van der Waals surface area (Å²) in [6, 6.07) is 5.80. The molecule has 1 amide bonds. The van der Waals surface area contributed by atoms with Crippen LogP contribution in [0, 0.1) is 11.3 Å². The Hall–Kier alpha value is -2.80. The molecule has 0 bridgehead atoms. The molecular formula is C20H22N6O. The standard InChI is InChI=1S/C20H22N6O/c1-25-11-20(12-25)6-14(7-20)19(27)24-18-5-17-13(8-21-18)3-4-16(23-17)15-9-22-26(2)10-15/h3-5,8-10,14H,6-7,11-12H2,1-2H3,(H,21,24,27). The molecule has 1 spiro atoms. The van der Waals surface area contributed by atoms with Crippen molar-refractivity contribution in [2.75, 3.05) is 25.5 Å². The third kappa shape index (κ3) is 2.88. The van der Waals surface area contributed by atoms with Gasteiger partial charge < -0.3 is 10.2 Å². The Morgan fingerprint density at radius 2 is 2.04 bits per heavy atom. The first kappa shape index (κ1) is 16.4. The molecule has 0 unspecified atom stereocenters. The molecule has 1 saturated heterocycles. The number of amides is 1. The van der Waals surface area contributed by atoms with Crippen LogP contribution in [-0.4, -0.2) is 50.7 Å². The van der Waals surface area contributed by atoms with Crippen molar-refractivity contribution in [1.82, 2.24) is 24.6 Å². The lowest BCUT2D eigenvalue weighted by Crippen LogP contribution is -2.62. The zero-order chi connectivity index (χ0) is 18.6. The average molecular weight is 362 g/mol. The van der Waals surface area contributed by atoms with Crippen molar-refractivity contribution in [2.24, 2.45) is 18.4 Å². The molecule has 2 aliphatic rings. The molecule has 5 rings (SSSR count). The Bertz CT molecular complexity index is 1030. The molecule has 1 aliphatic carbocycles. The van der Waals surface area contributed by atoms with Crippen molar-refractivity contribution in [3.63, 3.8) is 0 Å². The van der Waals surface area contributed by atoms with Crippen LogP contribution >= 0.6 is 0 Å². The molecule has 1 aliphatic heterocycles. The maximum Gasteiger partial charge on any atom is 0.228 e. The van der Waals surface area contributed by atoms with Crippen molar-refractivity contribution in [3.8, 4) is 11.3 Å². The van der Waals surface area contributed by atoms with Crippen LogP contribution in [0.15, 0.2) is 36.8 Å². The van der Waals surface area contributed by atoms with E-state index in [1.165, 1.54) is 0 Å². The molecule has 138 valence electrons. The second-order valence-electron chi connectivity index (χ2n) is 8.13. The molecule has 7 nitrogen and oxygen atoms in total. The first-order valence-corrected chi connectivity index (χ1v) is 9.25. The van der Waals surface area contributed by atoms with Crippen LogP contribution in [0.25, 0.3) is 22.2 Å². The summed E-state index contributed by atoms with van der Waals surface area (Å²) in [6.45, 7) is 2.23. The van der Waals surface area contributed by atoms with Crippen molar-refractivity contribution in [3.05, 3.63) is 36.8 Å². The minimum atomic E-state index is 0.0745. The Morgan fingerprint density at radius 3 is 2.74 bits per heavy atom. The Balaban J connectivity index is 1.32. The van der Waals surface area contributed by atoms with Gasteiger partial charge in [0, 0.05) is 55.5 Å². The highest BCUT2D eigenvalue weighted by Gasteiger charge is 2.53. The molecule has 7 heteroatoms. The maximum atomic E-state index is 12.5. The lowest BCUT2D eigenvalue weighted by Gasteiger charge is -2.57. The van der Waals surface area contributed by atoms with Crippen molar-refractivity contribution < 1.29 is 4.79 Å². The third-order valence-corrected chi connectivity index (χ3v) is 5.77. The number of rotatable bonds is 3. The smallest absolute Gasteiger partial charge is 0.228 e. The SMILES string of the molecule is CN1CC2(CC(C(=O)Nc3cc4nc(-c5cnn(C)c5)ccc4cn3)C2)C1. The summed E-state index contributed by atoms with van der Waals surface area (Å²) < 4.78 is 1.75. The number of aromatic nitrogens is 4. The van der Waals surface area contributed by atoms with Crippen LogP contribution in [0.5, 0.6) is 0 Å². The lowest BCUT2D eigenvalue weighted by atomic mass is 9.57. The minimum Gasteiger partial charge on any atom is -0.310 e. The molecule has 3 aromatic rings. The highest BCUT2D eigenvalue weighted by atomic mass is 16.2. The van der Waals surface area contributed by atoms with Crippen molar-refractivity contribution in [2.45, 2.75) is 12.8 Å². The second-order valence-corrected chi connectivity index (χ2v) is 8.13. The molecule has 4 heterocycles. The zero-order valence-corrected chi connectivity index (χ0v) is 15.5. The van der Waals surface area contributed by atoms with Gasteiger partial charge in [-0.05, 0) is 37.4 Å². The van der Waals surface area contributed by atoms with Crippen molar-refractivity contribution >= 4 is 22.6 Å². The number of nitrogens with zero attached hydrogens (tertiary/aromatic N) is 5. The molecule has 0 atom stereocenters. The normalized spacial score (nSPS) is 19.0. The molecule has 1 N–H and O–H groups in total. The number of carbonyl (C=O) groups is 1. The number of aryl methyl sites for hydroxylation is 1. The van der Waals surface area contributed by atoms with E-state index in [1.54, 1.807) is 17.1 Å². The fourth-order valence-electron chi connectivity index (χ4n) is 4.56. The molecular weight excluding hydrogens is 340 g/mol. The molecule has 1 saturated carbocycles. The number of hydrogen-bond donors (Lipinski definition) is 1. The summed E-state index contributed by atoms with van der Waals surface area (Å²) in [7, 11) is 4.01. The van der Waals surface area contributed by atoms with Gasteiger partial charge >= 0.3 is 0 Å². The van der Waals surface area contributed by atoms with Gasteiger partial charge in [0.2, 0.25) is 5.91 Å². The second kappa shape index (κ2) is 5.85. The monoisotopic (exact) mass is 362 g/mol. The summed E-state index contributed by atoms with van der Waals surface area (Å²) in [5, 5.41) is 8.12. The van der Waals surface area contributed by atoms with E-state index in [0.29, 0.717) is 11.2 Å². The number of anilines is 1. The van der Waals surface area contributed by atoms with E-state index in [-0.39, 0.29) is 11.8 Å². The van der Waals surface area contributed by atoms with Gasteiger partial charge in [-0.1, -0.05) is 0 Å². The average Bonchev–Trinajstić information content (AvgIpc) is 3.02. The van der Waals surface area contributed by atoms with Gasteiger partial charge in [0.15, 0.2) is 0 Å². The summed E-state index contributed by atoms with van der Waals surface area (Å²) in [6.07, 6.45) is 7.46. The fraction of sp³-hybridized carbons (Fsp3) is 0.400. The number of carbonyl (C=O) groups excluding carboxylic acids is 1. The minimum absolute atomic E-state index is 0.0745. The van der Waals surface area contributed by atoms with E-state index >= 15 is 0 Å². The largest absolute Gasteiger partial charge is 0.310 e. The van der Waals surface area contributed by atoms with Gasteiger partial charge in [0.1, 0.15) is 5.82 Å². The number of fused-ring (bicyclic) bond motifs is 1. The fourth-order valence-corrected chi connectivity index (χ4v) is 4.56. The number of likely N-dealkylation sites (tertiary alicyclic amines) is 1. The van der Waals surface area contributed by atoms with E-state index in [1.807, 2.05) is 31.4 Å². The summed E-state index contributed by atoms with van der Waals surface area (Å²) in [4.78, 5) is 23.9. The highest BCUT2D eigenvalue weighted by Crippen LogP contribution is 2.51. The van der Waals surface area contributed by atoms with Gasteiger partial charge in [-0.3, -0.25) is 9.48 Å². The van der Waals surface area contributed by atoms with Crippen LogP contribution in [-0.2, 0) is 11.8 Å². The van der Waals surface area contributed by atoms with Gasteiger partial charge in [-0.15, -0.1) is 0 Å². The summed E-state index contributed by atoms with van der Waals surface area (Å²) >= 11 is 0. The van der Waals surface area contributed by atoms with Crippen LogP contribution in [0.4, 0.5) is 5.82 Å². The molecule has 2 fully saturated rings. The van der Waals surface area contributed by atoms with Crippen LogP contribution in [0.1, 0.15) is 12.8 Å². The molecule has 3 aromatic heterocycles. The summed E-state index contributed by atoms with van der Waals surface area (Å²) in [5.74, 6) is 0.742. The third-order valence-electron chi connectivity index (χ3n) is 5.77. The van der Waals surface area contributed by atoms with Gasteiger partial charge in [-0.25, -0.2) is 9.97 Å². The molecule has 0 radical (unpaired) electrons. The number of hydrogen-bond acceptors (Lipinski definition) is 5. The first-order chi connectivity index (χ1) is 13.0. The number of nitrogens with one attached hydrogen (secondary N) is 1. The van der Waals surface area contributed by atoms with Crippen LogP contribution in [0.3, 0.4) is 0 Å². The highest BCUT2D eigenvalue weighted by molar-refractivity contribution is 5.94. The van der Waals surface area contributed by atoms with E-state index in [4.69, 9.17) is 4.98 Å². The zero-order valence-electron chi connectivity index (χ0n) is 15.5. The first-order valence-electron chi connectivity index (χ1n) is 9.25. The Kier molecular flexibility index (Phi) is 3.55. The summed E-state index contributed by atoms with van der Waals surface area (Å²) in [5.41, 5.74) is 3.03. The van der Waals surface area contributed by atoms with Crippen LogP contribution < -0.4 is 5.32 Å². The molecule has 27 heavy (non-hydrogen) atoms. The molecule has 0 aromatic carbocycles. The van der Waals surface area contributed by atoms with Crippen LogP contribution in [0.2, 0.25) is 0 Å². The van der Waals surface area contributed by atoms with Gasteiger partial charge in [-0.2, -0.15) is 5.10 Å². The Labute approximate surface area is 157 Å². The predicted molar refractivity (Wildman–Crippen MR) is 103 cm³/mol. The lowest BCUT2D eigenvalue weighted by molar-refractivity contribution is -0.137. The van der Waals surface area contributed by atoms with E-state index < -0.39 is 0 Å².